The molecule has 0 spiro atoms. The Kier molecular flexibility index (Phi) is 4.15. The van der Waals surface area contributed by atoms with Crippen molar-refractivity contribution in [3.05, 3.63) is 30.3 Å². The Bertz CT molecular complexity index is 333. The van der Waals surface area contributed by atoms with Crippen LogP contribution in [0.5, 0.6) is 5.75 Å². The first-order chi connectivity index (χ1) is 7.22. The molecule has 0 amide bonds. The van der Waals surface area contributed by atoms with E-state index >= 15 is 0 Å². The molecule has 5 heteroatoms. The first-order valence-electron chi connectivity index (χ1n) is 4.19. The average molecular weight is 210 g/mol. The summed E-state index contributed by atoms with van der Waals surface area (Å²) in [5.74, 6) is -0.285. The summed E-state index contributed by atoms with van der Waals surface area (Å²) in [6.07, 6.45) is -0.938. The number of para-hydroxylation sites is 1. The topological polar surface area (TPSA) is 61.8 Å². The molecule has 5 nitrogen and oxygen atoms in total. The van der Waals surface area contributed by atoms with Gasteiger partial charge in [-0.25, -0.2) is 9.59 Å². The van der Waals surface area contributed by atoms with E-state index < -0.39 is 18.7 Å². The average Bonchev–Trinajstić information content (AvgIpc) is 2.27. The van der Waals surface area contributed by atoms with Crippen LogP contribution >= 0.6 is 0 Å². The minimum Gasteiger partial charge on any atom is -0.466 e. The molecule has 1 aromatic rings. The van der Waals surface area contributed by atoms with Crippen molar-refractivity contribution in [1.29, 1.82) is 0 Å². The second-order valence-corrected chi connectivity index (χ2v) is 2.53. The zero-order valence-corrected chi connectivity index (χ0v) is 8.14. The van der Waals surface area contributed by atoms with Crippen molar-refractivity contribution in [3.8, 4) is 5.75 Å². The summed E-state index contributed by atoms with van der Waals surface area (Å²) in [5.41, 5.74) is 0. The SMILES string of the molecule is COC(=O)COC(=O)Oc1ccccc1. The number of rotatable bonds is 3. The normalized spacial score (nSPS) is 9.13. The predicted molar refractivity (Wildman–Crippen MR) is 50.4 cm³/mol. The van der Waals surface area contributed by atoms with Crippen molar-refractivity contribution in [2.45, 2.75) is 0 Å². The van der Waals surface area contributed by atoms with Crippen molar-refractivity contribution >= 4 is 12.1 Å². The van der Waals surface area contributed by atoms with Gasteiger partial charge in [-0.3, -0.25) is 0 Å². The van der Waals surface area contributed by atoms with E-state index in [4.69, 9.17) is 4.74 Å². The number of ether oxygens (including phenoxy) is 3. The molecule has 0 radical (unpaired) electrons. The minimum absolute atomic E-state index is 0.354. The highest BCUT2D eigenvalue weighted by atomic mass is 16.7. The highest BCUT2D eigenvalue weighted by Gasteiger charge is 2.08. The maximum atomic E-state index is 11.0. The molecule has 80 valence electrons. The van der Waals surface area contributed by atoms with E-state index in [9.17, 15) is 9.59 Å². The Morgan fingerprint density at radius 2 is 1.87 bits per heavy atom. The zero-order chi connectivity index (χ0) is 11.1. The molecule has 0 unspecified atom stereocenters. The lowest BCUT2D eigenvalue weighted by Crippen LogP contribution is -2.17. The molecule has 0 aromatic heterocycles. The van der Waals surface area contributed by atoms with Gasteiger partial charge in [-0.15, -0.1) is 0 Å². The van der Waals surface area contributed by atoms with Crippen molar-refractivity contribution in [1.82, 2.24) is 0 Å². The van der Waals surface area contributed by atoms with Crippen molar-refractivity contribution in [2.24, 2.45) is 0 Å². The lowest BCUT2D eigenvalue weighted by atomic mass is 10.3. The maximum Gasteiger partial charge on any atom is 0.514 e. The first-order valence-corrected chi connectivity index (χ1v) is 4.19. The molecule has 0 bridgehead atoms. The second-order valence-electron chi connectivity index (χ2n) is 2.53. The Morgan fingerprint density at radius 3 is 2.47 bits per heavy atom. The number of methoxy groups -OCH3 is 1. The molecule has 1 aromatic carbocycles. The third-order valence-electron chi connectivity index (χ3n) is 1.48. The molecule has 0 aliphatic carbocycles. The van der Waals surface area contributed by atoms with Gasteiger partial charge < -0.3 is 14.2 Å². The van der Waals surface area contributed by atoms with E-state index in [-0.39, 0.29) is 0 Å². The summed E-state index contributed by atoms with van der Waals surface area (Å²) in [5, 5.41) is 0. The van der Waals surface area contributed by atoms with Gasteiger partial charge in [0, 0.05) is 0 Å². The van der Waals surface area contributed by atoms with Crippen molar-refractivity contribution in [2.75, 3.05) is 13.7 Å². The van der Waals surface area contributed by atoms with Crippen LogP contribution in [0.3, 0.4) is 0 Å². The van der Waals surface area contributed by atoms with Crippen molar-refractivity contribution < 1.29 is 23.8 Å². The Morgan fingerprint density at radius 1 is 1.20 bits per heavy atom. The third-order valence-corrected chi connectivity index (χ3v) is 1.48. The second kappa shape index (κ2) is 5.64. The molecule has 1 rings (SSSR count). The molecule has 0 fully saturated rings. The summed E-state index contributed by atoms with van der Waals surface area (Å²) in [4.78, 5) is 21.6. The molecule has 0 aliphatic rings. The zero-order valence-electron chi connectivity index (χ0n) is 8.14. The first kappa shape index (κ1) is 11.0. The Labute approximate surface area is 86.6 Å². The fourth-order valence-electron chi connectivity index (χ4n) is 0.791. The Hall–Kier alpha value is -2.04. The molecule has 0 saturated heterocycles. The fourth-order valence-corrected chi connectivity index (χ4v) is 0.791. The number of hydrogen-bond donors (Lipinski definition) is 0. The number of benzene rings is 1. The lowest BCUT2D eigenvalue weighted by molar-refractivity contribution is -0.144. The van der Waals surface area contributed by atoms with Crippen LogP contribution in [0.25, 0.3) is 0 Å². The predicted octanol–water partition coefficient (Wildman–Crippen LogP) is 1.37. The molecule has 0 heterocycles. The highest BCUT2D eigenvalue weighted by molar-refractivity contribution is 5.74. The van der Waals surface area contributed by atoms with Crippen LogP contribution in [-0.2, 0) is 14.3 Å². The van der Waals surface area contributed by atoms with E-state index in [1.165, 1.54) is 7.11 Å². The van der Waals surface area contributed by atoms with Gasteiger partial charge in [0.05, 0.1) is 7.11 Å². The van der Waals surface area contributed by atoms with Gasteiger partial charge in [0.25, 0.3) is 0 Å². The molecule has 0 atom stereocenters. The Balaban J connectivity index is 2.34. The number of esters is 1. The standard InChI is InChI=1S/C10H10O5/c1-13-9(11)7-14-10(12)15-8-5-3-2-4-6-8/h2-6H,7H2,1H3. The minimum atomic E-state index is -0.938. The van der Waals surface area contributed by atoms with E-state index in [2.05, 4.69) is 9.47 Å². The van der Waals surface area contributed by atoms with Gasteiger partial charge in [-0.2, -0.15) is 0 Å². The van der Waals surface area contributed by atoms with Crippen LogP contribution in [0.2, 0.25) is 0 Å². The maximum absolute atomic E-state index is 11.0. The van der Waals surface area contributed by atoms with Crippen LogP contribution in [0, 0.1) is 0 Å². The third kappa shape index (κ3) is 4.12. The quantitative estimate of drug-likeness (QED) is 0.557. The molecular formula is C10H10O5. The fraction of sp³-hybridized carbons (Fsp3) is 0.200. The monoisotopic (exact) mass is 210 g/mol. The van der Waals surface area contributed by atoms with Gasteiger partial charge in [-0.1, -0.05) is 18.2 Å². The van der Waals surface area contributed by atoms with Gasteiger partial charge in [0.2, 0.25) is 0 Å². The number of hydrogen-bond acceptors (Lipinski definition) is 5. The van der Waals surface area contributed by atoms with E-state index in [1.54, 1.807) is 30.3 Å². The van der Waals surface area contributed by atoms with Crippen molar-refractivity contribution in [3.63, 3.8) is 0 Å². The number of carbonyl (C=O) groups excluding carboxylic acids is 2. The summed E-state index contributed by atoms with van der Waals surface area (Å²) >= 11 is 0. The highest BCUT2D eigenvalue weighted by Crippen LogP contribution is 2.08. The van der Waals surface area contributed by atoms with Gasteiger partial charge in [0.1, 0.15) is 5.75 Å². The molecule has 0 N–H and O–H groups in total. The summed E-state index contributed by atoms with van der Waals surface area (Å²) in [6.45, 7) is -0.456. The lowest BCUT2D eigenvalue weighted by Gasteiger charge is -2.04. The van der Waals surface area contributed by atoms with Gasteiger partial charge in [0.15, 0.2) is 6.61 Å². The van der Waals surface area contributed by atoms with E-state index in [1.807, 2.05) is 0 Å². The molecule has 0 aliphatic heterocycles. The van der Waals surface area contributed by atoms with Crippen LogP contribution in [-0.4, -0.2) is 25.8 Å². The summed E-state index contributed by atoms with van der Waals surface area (Å²) in [7, 11) is 1.20. The number of carbonyl (C=O) groups is 2. The summed E-state index contributed by atoms with van der Waals surface area (Å²) < 4.78 is 13.5. The van der Waals surface area contributed by atoms with Gasteiger partial charge in [-0.05, 0) is 12.1 Å². The van der Waals surface area contributed by atoms with E-state index in [0.717, 1.165) is 0 Å². The largest absolute Gasteiger partial charge is 0.514 e. The molecule has 15 heavy (non-hydrogen) atoms. The van der Waals surface area contributed by atoms with E-state index in [0.29, 0.717) is 5.75 Å². The van der Waals surface area contributed by atoms with Crippen LogP contribution in [0.15, 0.2) is 30.3 Å². The summed E-state index contributed by atoms with van der Waals surface area (Å²) in [6, 6.07) is 8.40. The van der Waals surface area contributed by atoms with Crippen LogP contribution in [0.4, 0.5) is 4.79 Å². The smallest absolute Gasteiger partial charge is 0.466 e. The molecular weight excluding hydrogens is 200 g/mol. The molecule has 0 saturated carbocycles. The van der Waals surface area contributed by atoms with Gasteiger partial charge >= 0.3 is 12.1 Å². The van der Waals surface area contributed by atoms with Crippen LogP contribution < -0.4 is 4.74 Å². The van der Waals surface area contributed by atoms with Crippen LogP contribution in [0.1, 0.15) is 0 Å².